The molecule has 1 aliphatic heterocycles. The molecule has 2 N–H and O–H groups in total. The van der Waals surface area contributed by atoms with Gasteiger partial charge in [-0.3, -0.25) is 5.10 Å². The van der Waals surface area contributed by atoms with Gasteiger partial charge in [0.25, 0.3) is 0 Å². The third-order valence-electron chi connectivity index (χ3n) is 2.98. The fraction of sp³-hybridized carbons (Fsp3) is 0.818. The molecule has 0 aromatic carbocycles. The summed E-state index contributed by atoms with van der Waals surface area (Å²) in [6, 6.07) is 0.743. The lowest BCUT2D eigenvalue weighted by Gasteiger charge is -2.25. The second-order valence-corrected chi connectivity index (χ2v) is 4.27. The highest BCUT2D eigenvalue weighted by molar-refractivity contribution is 4.96. The second-order valence-electron chi connectivity index (χ2n) is 4.27. The van der Waals surface area contributed by atoms with Gasteiger partial charge in [0.15, 0.2) is 5.82 Å². The lowest BCUT2D eigenvalue weighted by atomic mass is 10.1. The summed E-state index contributed by atoms with van der Waals surface area (Å²) < 4.78 is 5.33. The molecule has 0 bridgehead atoms. The van der Waals surface area contributed by atoms with Crippen LogP contribution in [0, 0.1) is 0 Å². The summed E-state index contributed by atoms with van der Waals surface area (Å²) in [4.78, 5) is 4.43. The molecule has 5 nitrogen and oxygen atoms in total. The van der Waals surface area contributed by atoms with Crippen molar-refractivity contribution in [1.82, 2.24) is 20.5 Å². The van der Waals surface area contributed by atoms with Gasteiger partial charge >= 0.3 is 0 Å². The van der Waals surface area contributed by atoms with E-state index in [0.717, 1.165) is 44.1 Å². The number of H-pyrrole nitrogens is 1. The maximum absolute atomic E-state index is 5.33. The van der Waals surface area contributed by atoms with Gasteiger partial charge in [-0.05, 0) is 19.8 Å². The first-order chi connectivity index (χ1) is 7.79. The third kappa shape index (κ3) is 2.80. The normalized spacial score (nSPS) is 19.9. The minimum atomic E-state index is 0.208. The smallest absolute Gasteiger partial charge is 0.167 e. The highest BCUT2D eigenvalue weighted by atomic mass is 16.5. The molecule has 0 spiro atoms. The Morgan fingerprint density at radius 1 is 1.50 bits per heavy atom. The van der Waals surface area contributed by atoms with Crippen LogP contribution in [0.5, 0.6) is 0 Å². The van der Waals surface area contributed by atoms with Gasteiger partial charge < -0.3 is 10.1 Å². The number of aromatic amines is 1. The molecule has 0 radical (unpaired) electrons. The van der Waals surface area contributed by atoms with Crippen molar-refractivity contribution in [3.05, 3.63) is 11.6 Å². The van der Waals surface area contributed by atoms with Crippen molar-refractivity contribution in [2.45, 2.75) is 45.2 Å². The highest BCUT2D eigenvalue weighted by Crippen LogP contribution is 2.13. The number of hydrogen-bond acceptors (Lipinski definition) is 4. The van der Waals surface area contributed by atoms with Crippen LogP contribution in [0.15, 0.2) is 0 Å². The second kappa shape index (κ2) is 5.41. The molecule has 5 heteroatoms. The standard InChI is InChI=1S/C11H20N4O/c1-3-10-13-11(15-14-10)8(2)12-9-4-6-16-7-5-9/h8-9,12H,3-7H2,1-2H3,(H,13,14,15). The Morgan fingerprint density at radius 3 is 2.88 bits per heavy atom. The molecule has 0 saturated carbocycles. The van der Waals surface area contributed by atoms with Crippen molar-refractivity contribution < 1.29 is 4.74 Å². The number of hydrogen-bond donors (Lipinski definition) is 2. The molecular formula is C11H20N4O. The van der Waals surface area contributed by atoms with E-state index >= 15 is 0 Å². The van der Waals surface area contributed by atoms with Crippen molar-refractivity contribution in [3.8, 4) is 0 Å². The van der Waals surface area contributed by atoms with E-state index in [9.17, 15) is 0 Å². The fourth-order valence-electron chi connectivity index (χ4n) is 1.95. The fourth-order valence-corrected chi connectivity index (χ4v) is 1.95. The van der Waals surface area contributed by atoms with Gasteiger partial charge in [-0.2, -0.15) is 5.10 Å². The topological polar surface area (TPSA) is 62.8 Å². The molecular weight excluding hydrogens is 204 g/mol. The molecule has 16 heavy (non-hydrogen) atoms. The van der Waals surface area contributed by atoms with Crippen LogP contribution >= 0.6 is 0 Å². The molecule has 1 atom stereocenters. The van der Waals surface area contributed by atoms with Crippen molar-refractivity contribution >= 4 is 0 Å². The first kappa shape index (κ1) is 11.5. The SMILES string of the molecule is CCc1nc(C(C)NC2CCOCC2)n[nH]1. The summed E-state index contributed by atoms with van der Waals surface area (Å²) in [5.74, 6) is 1.82. The van der Waals surface area contributed by atoms with E-state index < -0.39 is 0 Å². The quantitative estimate of drug-likeness (QED) is 0.806. The van der Waals surface area contributed by atoms with Crippen LogP contribution in [0.1, 0.15) is 44.4 Å². The van der Waals surface area contributed by atoms with Crippen molar-refractivity contribution in [1.29, 1.82) is 0 Å². The van der Waals surface area contributed by atoms with Gasteiger partial charge in [-0.15, -0.1) is 0 Å². The molecule has 2 rings (SSSR count). The number of nitrogens with zero attached hydrogens (tertiary/aromatic N) is 2. The molecule has 2 heterocycles. The molecule has 1 aliphatic rings. The minimum Gasteiger partial charge on any atom is -0.381 e. The van der Waals surface area contributed by atoms with Crippen LogP contribution in [0.3, 0.4) is 0 Å². The molecule has 0 aliphatic carbocycles. The van der Waals surface area contributed by atoms with Crippen LogP contribution in [-0.4, -0.2) is 34.4 Å². The Labute approximate surface area is 96.0 Å². The molecule has 1 unspecified atom stereocenters. The molecule has 0 amide bonds. The average Bonchev–Trinajstić information content (AvgIpc) is 2.79. The summed E-state index contributed by atoms with van der Waals surface area (Å²) in [7, 11) is 0. The summed E-state index contributed by atoms with van der Waals surface area (Å²) in [6.45, 7) is 5.90. The van der Waals surface area contributed by atoms with Crippen molar-refractivity contribution in [2.75, 3.05) is 13.2 Å². The summed E-state index contributed by atoms with van der Waals surface area (Å²) >= 11 is 0. The predicted octanol–water partition coefficient (Wildman–Crippen LogP) is 1.20. The van der Waals surface area contributed by atoms with E-state index in [1.54, 1.807) is 0 Å². The Bertz CT molecular complexity index is 320. The van der Waals surface area contributed by atoms with Gasteiger partial charge in [0.1, 0.15) is 5.82 Å². The zero-order valence-corrected chi connectivity index (χ0v) is 9.99. The zero-order chi connectivity index (χ0) is 11.4. The van der Waals surface area contributed by atoms with Crippen LogP contribution in [0.2, 0.25) is 0 Å². The average molecular weight is 224 g/mol. The van der Waals surface area contributed by atoms with E-state index in [1.165, 1.54) is 0 Å². The van der Waals surface area contributed by atoms with Crippen LogP contribution in [-0.2, 0) is 11.2 Å². The number of rotatable bonds is 4. The predicted molar refractivity (Wildman–Crippen MR) is 61.2 cm³/mol. The monoisotopic (exact) mass is 224 g/mol. The van der Waals surface area contributed by atoms with Crippen molar-refractivity contribution in [3.63, 3.8) is 0 Å². The van der Waals surface area contributed by atoms with Gasteiger partial charge in [-0.25, -0.2) is 4.98 Å². The van der Waals surface area contributed by atoms with Gasteiger partial charge in [0.05, 0.1) is 6.04 Å². The number of aromatic nitrogens is 3. The molecule has 1 aromatic rings. The highest BCUT2D eigenvalue weighted by Gasteiger charge is 2.18. The van der Waals surface area contributed by atoms with Gasteiger partial charge in [0.2, 0.25) is 0 Å². The first-order valence-electron chi connectivity index (χ1n) is 6.04. The van der Waals surface area contributed by atoms with Gasteiger partial charge in [-0.1, -0.05) is 6.92 Å². The minimum absolute atomic E-state index is 0.208. The Morgan fingerprint density at radius 2 is 2.25 bits per heavy atom. The lowest BCUT2D eigenvalue weighted by Crippen LogP contribution is -2.36. The third-order valence-corrected chi connectivity index (χ3v) is 2.98. The summed E-state index contributed by atoms with van der Waals surface area (Å²) in [5.41, 5.74) is 0. The molecule has 90 valence electrons. The van der Waals surface area contributed by atoms with E-state index in [-0.39, 0.29) is 6.04 Å². The Kier molecular flexibility index (Phi) is 3.90. The van der Waals surface area contributed by atoms with Crippen LogP contribution in [0.25, 0.3) is 0 Å². The van der Waals surface area contributed by atoms with Gasteiger partial charge in [0, 0.05) is 25.7 Å². The van der Waals surface area contributed by atoms with Crippen LogP contribution in [0.4, 0.5) is 0 Å². The van der Waals surface area contributed by atoms with Crippen LogP contribution < -0.4 is 5.32 Å². The Balaban J connectivity index is 1.88. The van der Waals surface area contributed by atoms with Crippen molar-refractivity contribution in [2.24, 2.45) is 0 Å². The Hall–Kier alpha value is -0.940. The van der Waals surface area contributed by atoms with E-state index in [4.69, 9.17) is 4.74 Å². The molecule has 1 fully saturated rings. The molecule has 1 saturated heterocycles. The van der Waals surface area contributed by atoms with E-state index in [1.807, 2.05) is 0 Å². The largest absolute Gasteiger partial charge is 0.381 e. The number of ether oxygens (including phenoxy) is 1. The first-order valence-corrected chi connectivity index (χ1v) is 6.04. The molecule has 1 aromatic heterocycles. The lowest BCUT2D eigenvalue weighted by molar-refractivity contribution is 0.0751. The summed E-state index contributed by atoms with van der Waals surface area (Å²) in [5, 5.41) is 10.7. The van der Waals surface area contributed by atoms with E-state index in [0.29, 0.717) is 6.04 Å². The summed E-state index contributed by atoms with van der Waals surface area (Å²) in [6.07, 6.45) is 3.06. The van der Waals surface area contributed by atoms with E-state index in [2.05, 4.69) is 34.3 Å². The zero-order valence-electron chi connectivity index (χ0n) is 9.99. The maximum atomic E-state index is 5.33. The number of aryl methyl sites for hydroxylation is 1. The number of nitrogens with one attached hydrogen (secondary N) is 2. The maximum Gasteiger partial charge on any atom is 0.167 e.